The third-order valence-corrected chi connectivity index (χ3v) is 3.68. The zero-order chi connectivity index (χ0) is 13.4. The van der Waals surface area contributed by atoms with E-state index in [0.29, 0.717) is 22.7 Å². The van der Waals surface area contributed by atoms with Crippen LogP contribution in [0, 0.1) is 0 Å². The Balaban J connectivity index is 1.99. The van der Waals surface area contributed by atoms with Gasteiger partial charge in [-0.1, -0.05) is 6.07 Å². The second-order valence-corrected chi connectivity index (χ2v) is 5.33. The number of amides is 1. The fraction of sp³-hybridized carbons (Fsp3) is 0.214. The average Bonchev–Trinajstić information content (AvgIpc) is 2.84. The summed E-state index contributed by atoms with van der Waals surface area (Å²) in [6.45, 7) is 0.688. The monoisotopic (exact) mass is 320 g/mol. The Morgan fingerprint density at radius 1 is 1.32 bits per heavy atom. The van der Waals surface area contributed by atoms with Crippen LogP contribution >= 0.6 is 15.9 Å². The van der Waals surface area contributed by atoms with Crippen molar-refractivity contribution in [2.24, 2.45) is 0 Å². The molecule has 0 radical (unpaired) electrons. The number of nitrogens with zero attached hydrogens (tertiary/aromatic N) is 1. The molecule has 19 heavy (non-hydrogen) atoms. The van der Waals surface area contributed by atoms with Gasteiger partial charge in [0.15, 0.2) is 10.4 Å². The van der Waals surface area contributed by atoms with Gasteiger partial charge in [0.1, 0.15) is 0 Å². The summed E-state index contributed by atoms with van der Waals surface area (Å²) in [5.74, 6) is 0.208. The largest absolute Gasteiger partial charge is 0.444 e. The Morgan fingerprint density at radius 2 is 2.16 bits per heavy atom. The van der Waals surface area contributed by atoms with Crippen molar-refractivity contribution in [2.75, 3.05) is 17.2 Å². The van der Waals surface area contributed by atoms with E-state index in [2.05, 4.69) is 15.9 Å². The van der Waals surface area contributed by atoms with Gasteiger partial charge in [0.25, 0.3) is 5.91 Å². The highest BCUT2D eigenvalue weighted by Gasteiger charge is 2.25. The molecule has 4 nitrogen and oxygen atoms in total. The van der Waals surface area contributed by atoms with Gasteiger partial charge in [-0.3, -0.25) is 4.79 Å². The van der Waals surface area contributed by atoms with Crippen molar-refractivity contribution in [3.8, 4) is 0 Å². The van der Waals surface area contributed by atoms with Crippen LogP contribution in [-0.4, -0.2) is 12.5 Å². The molecular formula is C14H13BrN2O2. The maximum absolute atomic E-state index is 12.5. The molecule has 1 aromatic carbocycles. The van der Waals surface area contributed by atoms with Crippen LogP contribution in [0.3, 0.4) is 0 Å². The van der Waals surface area contributed by atoms with Crippen molar-refractivity contribution in [1.82, 2.24) is 0 Å². The molecule has 0 unspecified atom stereocenters. The molecule has 0 bridgehead atoms. The summed E-state index contributed by atoms with van der Waals surface area (Å²) in [6.07, 6.45) is 1.92. The van der Waals surface area contributed by atoms with Crippen LogP contribution in [0.15, 0.2) is 39.4 Å². The lowest BCUT2D eigenvalue weighted by molar-refractivity contribution is 0.0957. The average molecular weight is 321 g/mol. The van der Waals surface area contributed by atoms with Gasteiger partial charge in [0.2, 0.25) is 0 Å². The molecule has 0 spiro atoms. The molecule has 0 aliphatic carbocycles. The van der Waals surface area contributed by atoms with E-state index in [9.17, 15) is 4.79 Å². The molecule has 1 aliphatic heterocycles. The summed E-state index contributed by atoms with van der Waals surface area (Å²) in [5.41, 5.74) is 8.53. The molecule has 0 saturated heterocycles. The van der Waals surface area contributed by atoms with Crippen molar-refractivity contribution in [2.45, 2.75) is 12.8 Å². The Hall–Kier alpha value is -1.75. The van der Waals surface area contributed by atoms with Gasteiger partial charge < -0.3 is 15.1 Å². The van der Waals surface area contributed by atoms with Gasteiger partial charge in [-0.2, -0.15) is 0 Å². The second-order valence-electron chi connectivity index (χ2n) is 4.55. The van der Waals surface area contributed by atoms with Gasteiger partial charge >= 0.3 is 0 Å². The lowest BCUT2D eigenvalue weighted by Crippen LogP contribution is -2.35. The van der Waals surface area contributed by atoms with Crippen molar-refractivity contribution in [3.05, 3.63) is 46.3 Å². The number of furan rings is 1. The number of benzene rings is 1. The fourth-order valence-corrected chi connectivity index (χ4v) is 2.67. The lowest BCUT2D eigenvalue weighted by Gasteiger charge is -2.29. The molecule has 2 heterocycles. The zero-order valence-corrected chi connectivity index (χ0v) is 11.8. The summed E-state index contributed by atoms with van der Waals surface area (Å²) in [4.78, 5) is 14.2. The first-order valence-electron chi connectivity index (χ1n) is 6.11. The summed E-state index contributed by atoms with van der Waals surface area (Å²) in [6, 6.07) is 9.10. The first kappa shape index (κ1) is 12.3. The minimum absolute atomic E-state index is 0.128. The number of fused-ring (bicyclic) bond motifs is 1. The van der Waals surface area contributed by atoms with Crippen LogP contribution in [0.5, 0.6) is 0 Å². The Kier molecular flexibility index (Phi) is 3.06. The fourth-order valence-electron chi connectivity index (χ4n) is 2.36. The maximum atomic E-state index is 12.5. The number of rotatable bonds is 1. The first-order valence-corrected chi connectivity index (χ1v) is 6.90. The number of nitrogen functional groups attached to an aromatic ring is 1. The first-order chi connectivity index (χ1) is 9.15. The van der Waals surface area contributed by atoms with Crippen molar-refractivity contribution in [3.63, 3.8) is 0 Å². The van der Waals surface area contributed by atoms with Crippen LogP contribution in [0.2, 0.25) is 0 Å². The lowest BCUT2D eigenvalue weighted by atomic mass is 10.0. The van der Waals surface area contributed by atoms with Gasteiger partial charge in [-0.15, -0.1) is 0 Å². The normalized spacial score (nSPS) is 14.3. The van der Waals surface area contributed by atoms with Crippen molar-refractivity contribution >= 4 is 33.2 Å². The molecule has 2 N–H and O–H groups in total. The number of carbonyl (C=O) groups is 1. The number of hydrogen-bond donors (Lipinski definition) is 1. The van der Waals surface area contributed by atoms with Gasteiger partial charge in [0, 0.05) is 17.9 Å². The molecule has 0 saturated carbocycles. The summed E-state index contributed by atoms with van der Waals surface area (Å²) in [5, 5.41) is 0. The molecule has 0 fully saturated rings. The minimum atomic E-state index is -0.128. The number of halogens is 1. The number of carbonyl (C=O) groups excluding carboxylic acids is 1. The van der Waals surface area contributed by atoms with Crippen LogP contribution in [0.25, 0.3) is 0 Å². The van der Waals surface area contributed by atoms with E-state index in [1.807, 2.05) is 18.2 Å². The molecule has 1 aromatic heterocycles. The molecule has 3 rings (SSSR count). The van der Waals surface area contributed by atoms with E-state index in [-0.39, 0.29) is 5.91 Å². The quantitative estimate of drug-likeness (QED) is 0.821. The third kappa shape index (κ3) is 2.26. The topological polar surface area (TPSA) is 59.5 Å². The number of aryl methyl sites for hydroxylation is 1. The van der Waals surface area contributed by atoms with Crippen molar-refractivity contribution < 1.29 is 9.21 Å². The highest BCUT2D eigenvalue weighted by Crippen LogP contribution is 2.30. The van der Waals surface area contributed by atoms with E-state index >= 15 is 0 Å². The Labute approximate surface area is 119 Å². The minimum Gasteiger partial charge on any atom is -0.444 e. The van der Waals surface area contributed by atoms with Crippen molar-refractivity contribution in [1.29, 1.82) is 0 Å². The molecule has 98 valence electrons. The third-order valence-electron chi connectivity index (χ3n) is 3.26. The van der Waals surface area contributed by atoms with E-state index in [1.165, 1.54) is 0 Å². The van der Waals surface area contributed by atoms with Gasteiger partial charge in [-0.25, -0.2) is 0 Å². The number of nitrogens with two attached hydrogens (primary N) is 1. The predicted molar refractivity (Wildman–Crippen MR) is 77.3 cm³/mol. The standard InChI is InChI=1S/C14H13BrN2O2/c15-13-6-5-12(19-13)14(18)17-7-1-2-9-3-4-10(16)8-11(9)17/h3-6,8H,1-2,7,16H2. The van der Waals surface area contributed by atoms with E-state index in [0.717, 1.165) is 24.1 Å². The van der Waals surface area contributed by atoms with Crippen LogP contribution < -0.4 is 10.6 Å². The summed E-state index contributed by atoms with van der Waals surface area (Å²) >= 11 is 3.21. The number of anilines is 2. The van der Waals surface area contributed by atoms with Gasteiger partial charge in [-0.05, 0) is 58.6 Å². The molecule has 2 aromatic rings. The van der Waals surface area contributed by atoms with E-state index in [1.54, 1.807) is 17.0 Å². The molecule has 1 aliphatic rings. The van der Waals surface area contributed by atoms with Gasteiger partial charge in [0.05, 0.1) is 0 Å². The number of hydrogen-bond acceptors (Lipinski definition) is 3. The summed E-state index contributed by atoms with van der Waals surface area (Å²) in [7, 11) is 0. The maximum Gasteiger partial charge on any atom is 0.294 e. The molecule has 5 heteroatoms. The predicted octanol–water partition coefficient (Wildman–Crippen LogP) is 3.22. The summed E-state index contributed by atoms with van der Waals surface area (Å²) < 4.78 is 5.89. The smallest absolute Gasteiger partial charge is 0.294 e. The van der Waals surface area contributed by atoms with Crippen LogP contribution in [0.1, 0.15) is 22.5 Å². The van der Waals surface area contributed by atoms with Crippen LogP contribution in [-0.2, 0) is 6.42 Å². The Bertz CT molecular complexity index is 636. The van der Waals surface area contributed by atoms with E-state index in [4.69, 9.17) is 10.2 Å². The molecule has 1 amide bonds. The SMILES string of the molecule is Nc1ccc2c(c1)N(C(=O)c1ccc(Br)o1)CCC2. The highest BCUT2D eigenvalue weighted by molar-refractivity contribution is 9.10. The second kappa shape index (κ2) is 4.74. The van der Waals surface area contributed by atoms with Crippen LogP contribution in [0.4, 0.5) is 11.4 Å². The Morgan fingerprint density at radius 3 is 2.89 bits per heavy atom. The molecular weight excluding hydrogens is 308 g/mol. The zero-order valence-electron chi connectivity index (χ0n) is 10.2. The molecule has 0 atom stereocenters. The van der Waals surface area contributed by atoms with E-state index < -0.39 is 0 Å². The highest BCUT2D eigenvalue weighted by atomic mass is 79.9.